The highest BCUT2D eigenvalue weighted by Crippen LogP contribution is 2.23. The molecule has 0 fully saturated rings. The van der Waals surface area contributed by atoms with Crippen LogP contribution < -0.4 is 10.5 Å². The molecule has 0 radical (unpaired) electrons. The number of hydrogen-bond acceptors (Lipinski definition) is 5. The number of nitrogens with zero attached hydrogens (tertiary/aromatic N) is 1. The van der Waals surface area contributed by atoms with Gasteiger partial charge in [-0.15, -0.1) is 0 Å². The molecule has 1 aromatic carbocycles. The van der Waals surface area contributed by atoms with Crippen LogP contribution in [0.15, 0.2) is 56.7 Å². The van der Waals surface area contributed by atoms with Crippen LogP contribution in [0, 0.1) is 0 Å². The van der Waals surface area contributed by atoms with Crippen molar-refractivity contribution in [2.45, 2.75) is 24.3 Å². The van der Waals surface area contributed by atoms with Crippen molar-refractivity contribution < 1.29 is 12.8 Å². The summed E-state index contributed by atoms with van der Waals surface area (Å²) in [5.74, 6) is -0.628. The predicted molar refractivity (Wildman–Crippen MR) is 84.4 cm³/mol. The van der Waals surface area contributed by atoms with Crippen molar-refractivity contribution in [2.75, 3.05) is 0 Å². The summed E-state index contributed by atoms with van der Waals surface area (Å²) in [4.78, 5) is 17.8. The average Bonchev–Trinajstić information content (AvgIpc) is 2.86. The first-order valence-electron chi connectivity index (χ1n) is 6.86. The molecule has 120 valence electrons. The second kappa shape index (κ2) is 5.32. The van der Waals surface area contributed by atoms with Gasteiger partial charge < -0.3 is 4.42 Å². The van der Waals surface area contributed by atoms with E-state index in [1.807, 2.05) is 0 Å². The van der Waals surface area contributed by atoms with Crippen molar-refractivity contribution in [3.05, 3.63) is 58.8 Å². The number of fused-ring (bicyclic) bond motifs is 1. The van der Waals surface area contributed by atoms with Crippen LogP contribution in [0.4, 0.5) is 0 Å². The van der Waals surface area contributed by atoms with Crippen molar-refractivity contribution in [3.8, 4) is 0 Å². The summed E-state index contributed by atoms with van der Waals surface area (Å²) in [5.41, 5.74) is 0.331. The second-order valence-electron chi connectivity index (χ2n) is 5.62. The third kappa shape index (κ3) is 3.03. The van der Waals surface area contributed by atoms with Crippen LogP contribution in [-0.4, -0.2) is 18.4 Å². The fourth-order valence-corrected chi connectivity index (χ4v) is 3.68. The standard InChI is InChI=1S/C15H15N3O4S/c1-15(2,13-5-3-4-8-16-13)18-23(20,21)10-6-7-11-12(9-10)22-14(19)17-11/h3-9,18H,1-2H3,(H,17,19). The van der Waals surface area contributed by atoms with Crippen LogP contribution >= 0.6 is 0 Å². The Morgan fingerprint density at radius 2 is 2.00 bits per heavy atom. The summed E-state index contributed by atoms with van der Waals surface area (Å²) in [6.45, 7) is 3.45. The number of pyridine rings is 1. The number of aromatic amines is 1. The Morgan fingerprint density at radius 1 is 1.22 bits per heavy atom. The van der Waals surface area contributed by atoms with E-state index < -0.39 is 21.3 Å². The van der Waals surface area contributed by atoms with Gasteiger partial charge in [-0.05, 0) is 38.1 Å². The zero-order chi connectivity index (χ0) is 16.7. The lowest BCUT2D eigenvalue weighted by Gasteiger charge is -2.25. The van der Waals surface area contributed by atoms with Gasteiger partial charge in [0.1, 0.15) is 0 Å². The van der Waals surface area contributed by atoms with Gasteiger partial charge >= 0.3 is 5.76 Å². The van der Waals surface area contributed by atoms with E-state index in [1.165, 1.54) is 18.2 Å². The summed E-state index contributed by atoms with van der Waals surface area (Å²) in [5, 5.41) is 0. The Bertz CT molecular complexity index is 1000. The maximum atomic E-state index is 12.6. The summed E-state index contributed by atoms with van der Waals surface area (Å²) in [6.07, 6.45) is 1.60. The Labute approximate surface area is 132 Å². The molecule has 0 aliphatic heterocycles. The van der Waals surface area contributed by atoms with Crippen molar-refractivity contribution in [1.82, 2.24) is 14.7 Å². The topological polar surface area (TPSA) is 105 Å². The summed E-state index contributed by atoms with van der Waals surface area (Å²) in [7, 11) is -3.81. The number of oxazole rings is 1. The van der Waals surface area contributed by atoms with Crippen LogP contribution in [0.3, 0.4) is 0 Å². The third-order valence-corrected chi connectivity index (χ3v) is 5.05. The molecule has 8 heteroatoms. The van der Waals surface area contributed by atoms with Gasteiger partial charge in [-0.2, -0.15) is 4.72 Å². The molecule has 0 aliphatic rings. The third-order valence-electron chi connectivity index (χ3n) is 3.40. The van der Waals surface area contributed by atoms with E-state index in [2.05, 4.69) is 14.7 Å². The normalized spacial score (nSPS) is 12.6. The number of H-pyrrole nitrogens is 1. The van der Waals surface area contributed by atoms with Crippen molar-refractivity contribution in [1.29, 1.82) is 0 Å². The van der Waals surface area contributed by atoms with Gasteiger partial charge in [0, 0.05) is 12.3 Å². The van der Waals surface area contributed by atoms with Gasteiger partial charge in [-0.25, -0.2) is 13.2 Å². The summed E-state index contributed by atoms with van der Waals surface area (Å²) in [6, 6.07) is 9.50. The first kappa shape index (κ1) is 15.4. The van der Waals surface area contributed by atoms with Gasteiger partial charge in [0.25, 0.3) is 0 Å². The molecule has 7 nitrogen and oxygen atoms in total. The van der Waals surface area contributed by atoms with Crippen LogP contribution in [0.2, 0.25) is 0 Å². The monoisotopic (exact) mass is 333 g/mol. The van der Waals surface area contributed by atoms with E-state index in [0.717, 1.165) is 0 Å². The molecule has 0 bridgehead atoms. The highest BCUT2D eigenvalue weighted by atomic mass is 32.2. The summed E-state index contributed by atoms with van der Waals surface area (Å²) >= 11 is 0. The van der Waals surface area contributed by atoms with Crippen molar-refractivity contribution in [2.24, 2.45) is 0 Å². The summed E-state index contributed by atoms with van der Waals surface area (Å²) < 4.78 is 32.7. The molecular weight excluding hydrogens is 318 g/mol. The molecule has 23 heavy (non-hydrogen) atoms. The quantitative estimate of drug-likeness (QED) is 0.756. The fraction of sp³-hybridized carbons (Fsp3) is 0.200. The smallest absolute Gasteiger partial charge is 0.408 e. The van der Waals surface area contributed by atoms with Crippen LogP contribution in [0.1, 0.15) is 19.5 Å². The zero-order valence-electron chi connectivity index (χ0n) is 12.5. The lowest BCUT2D eigenvalue weighted by Crippen LogP contribution is -2.41. The molecule has 0 atom stereocenters. The molecule has 2 heterocycles. The molecule has 3 rings (SSSR count). The highest BCUT2D eigenvalue weighted by molar-refractivity contribution is 7.89. The number of nitrogens with one attached hydrogen (secondary N) is 2. The minimum atomic E-state index is -3.81. The van der Waals surface area contributed by atoms with Crippen LogP contribution in [0.25, 0.3) is 11.1 Å². The molecule has 3 aromatic rings. The minimum absolute atomic E-state index is 0.0109. The molecule has 2 aromatic heterocycles. The van der Waals surface area contributed by atoms with Gasteiger partial charge in [0.05, 0.1) is 21.6 Å². The Morgan fingerprint density at radius 3 is 2.70 bits per heavy atom. The van der Waals surface area contributed by atoms with Gasteiger partial charge in [0.15, 0.2) is 5.58 Å². The van der Waals surface area contributed by atoms with E-state index in [1.54, 1.807) is 38.2 Å². The average molecular weight is 333 g/mol. The van der Waals surface area contributed by atoms with E-state index in [0.29, 0.717) is 11.2 Å². The van der Waals surface area contributed by atoms with Gasteiger partial charge in [-0.3, -0.25) is 9.97 Å². The Hall–Kier alpha value is -2.45. The molecular formula is C15H15N3O4S. The number of aromatic nitrogens is 2. The largest absolute Gasteiger partial charge is 0.417 e. The molecule has 0 unspecified atom stereocenters. The van der Waals surface area contributed by atoms with E-state index in [-0.39, 0.29) is 10.5 Å². The van der Waals surface area contributed by atoms with Crippen molar-refractivity contribution >= 4 is 21.1 Å². The zero-order valence-corrected chi connectivity index (χ0v) is 13.3. The molecule has 2 N–H and O–H groups in total. The SMILES string of the molecule is CC(C)(NS(=O)(=O)c1ccc2[nH]c(=O)oc2c1)c1ccccn1. The number of hydrogen-bond donors (Lipinski definition) is 2. The maximum absolute atomic E-state index is 12.6. The lowest BCUT2D eigenvalue weighted by atomic mass is 10.0. The Balaban J connectivity index is 1.98. The predicted octanol–water partition coefficient (Wildman–Crippen LogP) is 1.73. The maximum Gasteiger partial charge on any atom is 0.417 e. The fourth-order valence-electron chi connectivity index (χ4n) is 2.27. The molecule has 0 spiro atoms. The molecule has 0 saturated heterocycles. The number of sulfonamides is 1. The van der Waals surface area contributed by atoms with E-state index in [9.17, 15) is 13.2 Å². The number of rotatable bonds is 4. The first-order chi connectivity index (χ1) is 10.8. The number of benzene rings is 1. The van der Waals surface area contributed by atoms with E-state index in [4.69, 9.17) is 4.42 Å². The molecule has 0 amide bonds. The van der Waals surface area contributed by atoms with Gasteiger partial charge in [-0.1, -0.05) is 6.07 Å². The molecule has 0 aliphatic carbocycles. The van der Waals surface area contributed by atoms with E-state index >= 15 is 0 Å². The molecule has 0 saturated carbocycles. The van der Waals surface area contributed by atoms with Crippen molar-refractivity contribution in [3.63, 3.8) is 0 Å². The Kier molecular flexibility index (Phi) is 3.57. The van der Waals surface area contributed by atoms with Crippen LogP contribution in [0.5, 0.6) is 0 Å². The minimum Gasteiger partial charge on any atom is -0.408 e. The second-order valence-corrected chi connectivity index (χ2v) is 7.30. The first-order valence-corrected chi connectivity index (χ1v) is 8.35. The highest BCUT2D eigenvalue weighted by Gasteiger charge is 2.29. The lowest BCUT2D eigenvalue weighted by molar-refractivity contribution is 0.460. The van der Waals surface area contributed by atoms with Gasteiger partial charge in [0.2, 0.25) is 10.0 Å². The van der Waals surface area contributed by atoms with Crippen LogP contribution in [-0.2, 0) is 15.6 Å².